The highest BCUT2D eigenvalue weighted by Crippen LogP contribution is 2.23. The van der Waals surface area contributed by atoms with Crippen LogP contribution < -0.4 is 10.5 Å². The molecule has 0 amide bonds. The first-order valence-electron chi connectivity index (χ1n) is 8.38. The summed E-state index contributed by atoms with van der Waals surface area (Å²) in [5.74, 6) is -0.691. The van der Waals surface area contributed by atoms with Gasteiger partial charge in [-0.15, -0.1) is 11.3 Å². The molecule has 4 rings (SSSR count). The summed E-state index contributed by atoms with van der Waals surface area (Å²) in [6, 6.07) is 4.99. The van der Waals surface area contributed by atoms with Gasteiger partial charge in [-0.1, -0.05) is 0 Å². The molecule has 1 saturated heterocycles. The van der Waals surface area contributed by atoms with E-state index in [9.17, 15) is 18.7 Å². The number of fused-ring (bicyclic) bond motifs is 1. The predicted octanol–water partition coefficient (Wildman–Crippen LogP) is 2.75. The van der Waals surface area contributed by atoms with Crippen molar-refractivity contribution in [3.63, 3.8) is 0 Å². The maximum Gasteiger partial charge on any atom is 0.273 e. The minimum atomic E-state index is -0.565. The summed E-state index contributed by atoms with van der Waals surface area (Å²) >= 11 is 1.28. The van der Waals surface area contributed by atoms with Gasteiger partial charge >= 0.3 is 0 Å². The molecule has 0 unspecified atom stereocenters. The molecule has 26 heavy (non-hydrogen) atoms. The monoisotopic (exact) mass is 377 g/mol. The number of hydrogen-bond acceptors (Lipinski definition) is 5. The lowest BCUT2D eigenvalue weighted by molar-refractivity contribution is 0.145. The third-order valence-electron chi connectivity index (χ3n) is 4.63. The standard InChI is InChI=1S/C18H17F2N3O2S/c19-12-1-2-14(20)11(9-12)10-23-17(25)16-15(5-8-26-16)21-18(23)22-6-3-13(24)4-7-22/h1-2,5,8-9,13,24H,3-4,6-7,10H2. The first-order valence-corrected chi connectivity index (χ1v) is 9.26. The molecule has 3 heterocycles. The predicted molar refractivity (Wildman–Crippen MR) is 96.8 cm³/mol. The van der Waals surface area contributed by atoms with Crippen molar-refractivity contribution in [3.8, 4) is 0 Å². The molecule has 136 valence electrons. The SMILES string of the molecule is O=c1c2sccc2nc(N2CCC(O)CC2)n1Cc1cc(F)ccc1F. The van der Waals surface area contributed by atoms with E-state index in [1.54, 1.807) is 11.4 Å². The first-order chi connectivity index (χ1) is 12.5. The second kappa shape index (κ2) is 6.77. The van der Waals surface area contributed by atoms with E-state index in [0.29, 0.717) is 42.1 Å². The van der Waals surface area contributed by atoms with Crippen LogP contribution >= 0.6 is 11.3 Å². The Labute approximate surface area is 152 Å². The highest BCUT2D eigenvalue weighted by Gasteiger charge is 2.23. The molecule has 1 aliphatic heterocycles. The fraction of sp³-hybridized carbons (Fsp3) is 0.333. The van der Waals surface area contributed by atoms with E-state index in [1.807, 2.05) is 4.90 Å². The molecule has 0 bridgehead atoms. The zero-order chi connectivity index (χ0) is 18.3. The maximum atomic E-state index is 14.1. The van der Waals surface area contributed by atoms with Gasteiger partial charge in [-0.05, 0) is 42.5 Å². The van der Waals surface area contributed by atoms with Gasteiger partial charge in [-0.3, -0.25) is 9.36 Å². The van der Waals surface area contributed by atoms with E-state index in [2.05, 4.69) is 4.98 Å². The zero-order valence-electron chi connectivity index (χ0n) is 13.9. The lowest BCUT2D eigenvalue weighted by Crippen LogP contribution is -2.40. The molecule has 5 nitrogen and oxygen atoms in total. The van der Waals surface area contributed by atoms with Crippen LogP contribution in [-0.2, 0) is 6.54 Å². The van der Waals surface area contributed by atoms with Crippen molar-refractivity contribution in [1.82, 2.24) is 9.55 Å². The van der Waals surface area contributed by atoms with Crippen LogP contribution in [0.2, 0.25) is 0 Å². The van der Waals surface area contributed by atoms with Gasteiger partial charge in [0.05, 0.1) is 18.2 Å². The van der Waals surface area contributed by atoms with Gasteiger partial charge in [0.2, 0.25) is 5.95 Å². The Morgan fingerprint density at radius 2 is 2.00 bits per heavy atom. The molecule has 0 atom stereocenters. The molecule has 0 radical (unpaired) electrons. The zero-order valence-corrected chi connectivity index (χ0v) is 14.7. The molecule has 1 aromatic carbocycles. The molecule has 1 fully saturated rings. The number of thiophene rings is 1. The van der Waals surface area contributed by atoms with Crippen LogP contribution in [0.5, 0.6) is 0 Å². The normalized spacial score (nSPS) is 15.7. The Morgan fingerprint density at radius 1 is 1.23 bits per heavy atom. The number of aliphatic hydroxyl groups excluding tert-OH is 1. The van der Waals surface area contributed by atoms with Crippen LogP contribution in [0.25, 0.3) is 10.2 Å². The second-order valence-corrected chi connectivity index (χ2v) is 7.31. The molecule has 2 aromatic heterocycles. The Balaban J connectivity index is 1.83. The van der Waals surface area contributed by atoms with Crippen LogP contribution in [-0.4, -0.2) is 33.9 Å². The van der Waals surface area contributed by atoms with Gasteiger partial charge < -0.3 is 10.0 Å². The summed E-state index contributed by atoms with van der Waals surface area (Å²) in [7, 11) is 0. The van der Waals surface area contributed by atoms with E-state index in [-0.39, 0.29) is 23.8 Å². The van der Waals surface area contributed by atoms with Crippen molar-refractivity contribution in [2.75, 3.05) is 18.0 Å². The number of benzene rings is 1. The number of hydrogen-bond donors (Lipinski definition) is 1. The number of piperidine rings is 1. The first kappa shape index (κ1) is 17.1. The number of halogens is 2. The lowest BCUT2D eigenvalue weighted by atomic mass is 10.1. The molecule has 1 N–H and O–H groups in total. The average Bonchev–Trinajstić information content (AvgIpc) is 3.10. The van der Waals surface area contributed by atoms with E-state index in [0.717, 1.165) is 18.2 Å². The molecule has 3 aromatic rings. The Kier molecular flexibility index (Phi) is 4.46. The Morgan fingerprint density at radius 3 is 2.77 bits per heavy atom. The minimum Gasteiger partial charge on any atom is -0.393 e. The van der Waals surface area contributed by atoms with E-state index in [1.165, 1.54) is 15.9 Å². The summed E-state index contributed by atoms with van der Waals surface area (Å²) in [6.45, 7) is 1.00. The average molecular weight is 377 g/mol. The van der Waals surface area contributed by atoms with E-state index < -0.39 is 11.6 Å². The molecule has 1 aliphatic rings. The summed E-state index contributed by atoms with van der Waals surface area (Å²) in [5.41, 5.74) is 0.426. The van der Waals surface area contributed by atoms with Gasteiger partial charge in [0, 0.05) is 18.7 Å². The lowest BCUT2D eigenvalue weighted by Gasteiger charge is -2.32. The molecular formula is C18H17F2N3O2S. The van der Waals surface area contributed by atoms with Gasteiger partial charge in [0.15, 0.2) is 0 Å². The smallest absolute Gasteiger partial charge is 0.273 e. The third kappa shape index (κ3) is 3.10. The van der Waals surface area contributed by atoms with Gasteiger partial charge in [0.25, 0.3) is 5.56 Å². The summed E-state index contributed by atoms with van der Waals surface area (Å²) in [6.07, 6.45) is 0.787. The molecule has 8 heteroatoms. The van der Waals surface area contributed by atoms with Crippen molar-refractivity contribution >= 4 is 27.5 Å². The quantitative estimate of drug-likeness (QED) is 0.763. The van der Waals surface area contributed by atoms with Crippen LogP contribution in [0.1, 0.15) is 18.4 Å². The van der Waals surface area contributed by atoms with Crippen LogP contribution in [0.3, 0.4) is 0 Å². The summed E-state index contributed by atoms with van der Waals surface area (Å²) in [5, 5.41) is 11.5. The molecule has 0 saturated carbocycles. The molecular weight excluding hydrogens is 360 g/mol. The second-order valence-electron chi connectivity index (χ2n) is 6.39. The van der Waals surface area contributed by atoms with Gasteiger partial charge in [-0.2, -0.15) is 0 Å². The summed E-state index contributed by atoms with van der Waals surface area (Å²) in [4.78, 5) is 19.5. The number of aliphatic hydroxyl groups is 1. The minimum absolute atomic E-state index is 0.0996. The molecule has 0 aliphatic carbocycles. The number of rotatable bonds is 3. The van der Waals surface area contributed by atoms with Crippen LogP contribution in [0.4, 0.5) is 14.7 Å². The van der Waals surface area contributed by atoms with Crippen LogP contribution in [0.15, 0.2) is 34.4 Å². The third-order valence-corrected chi connectivity index (χ3v) is 5.52. The van der Waals surface area contributed by atoms with E-state index >= 15 is 0 Å². The van der Waals surface area contributed by atoms with Crippen LogP contribution in [0, 0.1) is 11.6 Å². The summed E-state index contributed by atoms with van der Waals surface area (Å²) < 4.78 is 29.6. The van der Waals surface area contributed by atoms with Crippen molar-refractivity contribution < 1.29 is 13.9 Å². The number of anilines is 1. The fourth-order valence-corrected chi connectivity index (χ4v) is 4.00. The number of nitrogens with zero attached hydrogens (tertiary/aromatic N) is 3. The number of aromatic nitrogens is 2. The topological polar surface area (TPSA) is 58.4 Å². The van der Waals surface area contributed by atoms with Crippen molar-refractivity contribution in [2.24, 2.45) is 0 Å². The highest BCUT2D eigenvalue weighted by molar-refractivity contribution is 7.17. The largest absolute Gasteiger partial charge is 0.393 e. The van der Waals surface area contributed by atoms with Crippen molar-refractivity contribution in [1.29, 1.82) is 0 Å². The van der Waals surface area contributed by atoms with Gasteiger partial charge in [0.1, 0.15) is 16.3 Å². The maximum absolute atomic E-state index is 14.1. The highest BCUT2D eigenvalue weighted by atomic mass is 32.1. The van der Waals surface area contributed by atoms with E-state index in [4.69, 9.17) is 0 Å². The Hall–Kier alpha value is -2.32. The Bertz CT molecular complexity index is 1010. The molecule has 0 spiro atoms. The van der Waals surface area contributed by atoms with Crippen molar-refractivity contribution in [2.45, 2.75) is 25.5 Å². The van der Waals surface area contributed by atoms with Gasteiger partial charge in [-0.25, -0.2) is 13.8 Å². The van der Waals surface area contributed by atoms with Crippen molar-refractivity contribution in [3.05, 3.63) is 57.2 Å². The fourth-order valence-electron chi connectivity index (χ4n) is 3.22.